The summed E-state index contributed by atoms with van der Waals surface area (Å²) in [6.07, 6.45) is -0.710. The molecule has 23 heavy (non-hydrogen) atoms. The first-order valence-corrected chi connectivity index (χ1v) is 7.29. The highest BCUT2D eigenvalue weighted by molar-refractivity contribution is 6.30. The number of hydrogen-bond donors (Lipinski definition) is 1. The Morgan fingerprint density at radius 1 is 1.13 bits per heavy atom. The molecule has 2 aromatic rings. The average molecular weight is 334 g/mol. The Morgan fingerprint density at radius 2 is 1.83 bits per heavy atom. The third-order valence-electron chi connectivity index (χ3n) is 3.05. The highest BCUT2D eigenvalue weighted by atomic mass is 35.5. The zero-order valence-electron chi connectivity index (χ0n) is 12.7. The monoisotopic (exact) mass is 333 g/mol. The molecular weight excluding hydrogens is 318 g/mol. The third kappa shape index (κ3) is 4.72. The van der Waals surface area contributed by atoms with E-state index in [9.17, 15) is 9.59 Å². The van der Waals surface area contributed by atoms with Crippen molar-refractivity contribution < 1.29 is 19.1 Å². The third-order valence-corrected chi connectivity index (χ3v) is 3.28. The van der Waals surface area contributed by atoms with E-state index < -0.39 is 12.1 Å². The van der Waals surface area contributed by atoms with Crippen LogP contribution < -0.4 is 10.1 Å². The number of benzene rings is 2. The van der Waals surface area contributed by atoms with Crippen molar-refractivity contribution in [3.8, 4) is 5.75 Å². The lowest BCUT2D eigenvalue weighted by molar-refractivity contribution is -0.122. The molecule has 0 unspecified atom stereocenters. The van der Waals surface area contributed by atoms with Gasteiger partial charge in [0.25, 0.3) is 5.91 Å². The second-order valence-corrected chi connectivity index (χ2v) is 5.21. The summed E-state index contributed by atoms with van der Waals surface area (Å²) in [4.78, 5) is 23.4. The molecule has 120 valence electrons. The number of rotatable bonds is 5. The van der Waals surface area contributed by atoms with Gasteiger partial charge in [0, 0.05) is 10.7 Å². The highest BCUT2D eigenvalue weighted by Crippen LogP contribution is 2.17. The first-order valence-electron chi connectivity index (χ1n) is 6.91. The summed E-state index contributed by atoms with van der Waals surface area (Å²) in [5.74, 6) is -0.251. The van der Waals surface area contributed by atoms with Crippen LogP contribution in [0.1, 0.15) is 17.3 Å². The number of methoxy groups -OCH3 is 1. The molecule has 1 amide bonds. The standard InChI is InChI=1S/C17H16ClNO4/c1-11(16(20)19-14-5-3-4-13(18)10-14)23-15-8-6-12(7-9-15)17(21)22-2/h3-11H,1-2H3,(H,19,20)/t11-/m1/s1. The predicted molar refractivity (Wildman–Crippen MR) is 88.0 cm³/mol. The molecule has 0 aliphatic carbocycles. The molecule has 2 rings (SSSR count). The normalized spacial score (nSPS) is 11.4. The van der Waals surface area contributed by atoms with Crippen molar-refractivity contribution in [1.29, 1.82) is 0 Å². The van der Waals surface area contributed by atoms with Gasteiger partial charge in [-0.1, -0.05) is 17.7 Å². The fourth-order valence-corrected chi connectivity index (χ4v) is 2.05. The van der Waals surface area contributed by atoms with Gasteiger partial charge in [0.05, 0.1) is 12.7 Å². The van der Waals surface area contributed by atoms with Crippen molar-refractivity contribution in [3.63, 3.8) is 0 Å². The first-order chi connectivity index (χ1) is 11.0. The summed E-state index contributed by atoms with van der Waals surface area (Å²) in [6, 6.07) is 13.2. The number of esters is 1. The van der Waals surface area contributed by atoms with E-state index in [1.54, 1.807) is 55.5 Å². The number of anilines is 1. The topological polar surface area (TPSA) is 64.6 Å². The zero-order valence-corrected chi connectivity index (χ0v) is 13.5. The number of carbonyl (C=O) groups is 2. The minimum absolute atomic E-state index is 0.302. The van der Waals surface area contributed by atoms with Crippen LogP contribution >= 0.6 is 11.6 Å². The molecule has 0 fully saturated rings. The van der Waals surface area contributed by atoms with Crippen molar-refractivity contribution >= 4 is 29.2 Å². The lowest BCUT2D eigenvalue weighted by Gasteiger charge is -2.15. The van der Waals surface area contributed by atoms with Gasteiger partial charge in [0.15, 0.2) is 6.10 Å². The lowest BCUT2D eigenvalue weighted by Crippen LogP contribution is -2.30. The van der Waals surface area contributed by atoms with Gasteiger partial charge in [-0.2, -0.15) is 0 Å². The van der Waals surface area contributed by atoms with Gasteiger partial charge in [-0.15, -0.1) is 0 Å². The Balaban J connectivity index is 1.96. The molecule has 0 aromatic heterocycles. The summed E-state index contributed by atoms with van der Waals surface area (Å²) in [6.45, 7) is 1.63. The number of halogens is 1. The van der Waals surface area contributed by atoms with Crippen LogP contribution in [0.4, 0.5) is 5.69 Å². The minimum Gasteiger partial charge on any atom is -0.481 e. The molecule has 0 bridgehead atoms. The first kappa shape index (κ1) is 16.8. The second kappa shape index (κ2) is 7.65. The second-order valence-electron chi connectivity index (χ2n) is 4.78. The zero-order chi connectivity index (χ0) is 16.8. The molecule has 0 heterocycles. The lowest BCUT2D eigenvalue weighted by atomic mass is 10.2. The fourth-order valence-electron chi connectivity index (χ4n) is 1.86. The van der Waals surface area contributed by atoms with Crippen LogP contribution in [0.5, 0.6) is 5.75 Å². The van der Waals surface area contributed by atoms with Crippen molar-refractivity contribution in [3.05, 3.63) is 59.1 Å². The van der Waals surface area contributed by atoms with Crippen molar-refractivity contribution in [2.24, 2.45) is 0 Å². The Hall–Kier alpha value is -2.53. The highest BCUT2D eigenvalue weighted by Gasteiger charge is 2.15. The van der Waals surface area contributed by atoms with Gasteiger partial charge < -0.3 is 14.8 Å². The van der Waals surface area contributed by atoms with Gasteiger partial charge in [-0.05, 0) is 49.4 Å². The number of carbonyl (C=O) groups excluding carboxylic acids is 2. The summed E-state index contributed by atoms with van der Waals surface area (Å²) < 4.78 is 10.2. The molecule has 0 saturated heterocycles. The summed E-state index contributed by atoms with van der Waals surface area (Å²) >= 11 is 5.87. The van der Waals surface area contributed by atoms with Gasteiger partial charge in [0.2, 0.25) is 0 Å². The van der Waals surface area contributed by atoms with Gasteiger partial charge in [-0.25, -0.2) is 4.79 Å². The maximum absolute atomic E-state index is 12.1. The van der Waals surface area contributed by atoms with Crippen LogP contribution in [-0.4, -0.2) is 25.1 Å². The van der Waals surface area contributed by atoms with E-state index in [0.717, 1.165) is 0 Å². The van der Waals surface area contributed by atoms with Crippen LogP contribution in [-0.2, 0) is 9.53 Å². The van der Waals surface area contributed by atoms with E-state index in [0.29, 0.717) is 22.0 Å². The molecular formula is C17H16ClNO4. The summed E-state index contributed by atoms with van der Waals surface area (Å²) in [5.41, 5.74) is 1.01. The van der Waals surface area contributed by atoms with Crippen LogP contribution in [0.2, 0.25) is 5.02 Å². The van der Waals surface area contributed by atoms with Crippen LogP contribution in [0.25, 0.3) is 0 Å². The maximum atomic E-state index is 12.1. The molecule has 6 heteroatoms. The Bertz CT molecular complexity index is 700. The van der Waals surface area contributed by atoms with Gasteiger partial charge in [0.1, 0.15) is 5.75 Å². The molecule has 0 spiro atoms. The van der Waals surface area contributed by atoms with E-state index in [2.05, 4.69) is 10.1 Å². The number of nitrogens with one attached hydrogen (secondary N) is 1. The molecule has 1 N–H and O–H groups in total. The van der Waals surface area contributed by atoms with Crippen molar-refractivity contribution in [2.45, 2.75) is 13.0 Å². The molecule has 0 radical (unpaired) electrons. The summed E-state index contributed by atoms with van der Waals surface area (Å²) in [5, 5.41) is 3.26. The summed E-state index contributed by atoms with van der Waals surface area (Å²) in [7, 11) is 1.31. The quantitative estimate of drug-likeness (QED) is 0.850. The molecule has 0 aliphatic heterocycles. The molecule has 0 aliphatic rings. The molecule has 5 nitrogen and oxygen atoms in total. The van der Waals surface area contributed by atoms with Crippen molar-refractivity contribution in [2.75, 3.05) is 12.4 Å². The fraction of sp³-hybridized carbons (Fsp3) is 0.176. The molecule has 2 aromatic carbocycles. The Labute approximate surface area is 139 Å². The largest absolute Gasteiger partial charge is 0.481 e. The van der Waals surface area contributed by atoms with E-state index in [1.807, 2.05) is 0 Å². The van der Waals surface area contributed by atoms with Crippen LogP contribution in [0, 0.1) is 0 Å². The van der Waals surface area contributed by atoms with E-state index in [4.69, 9.17) is 16.3 Å². The Morgan fingerprint density at radius 3 is 2.43 bits per heavy atom. The van der Waals surface area contributed by atoms with Gasteiger partial charge >= 0.3 is 5.97 Å². The number of ether oxygens (including phenoxy) is 2. The average Bonchev–Trinajstić information content (AvgIpc) is 2.54. The Kier molecular flexibility index (Phi) is 5.60. The van der Waals surface area contributed by atoms with E-state index in [-0.39, 0.29) is 5.91 Å². The maximum Gasteiger partial charge on any atom is 0.337 e. The van der Waals surface area contributed by atoms with Gasteiger partial charge in [-0.3, -0.25) is 4.79 Å². The smallest absolute Gasteiger partial charge is 0.337 e. The van der Waals surface area contributed by atoms with E-state index >= 15 is 0 Å². The molecule has 0 saturated carbocycles. The van der Waals surface area contributed by atoms with Crippen LogP contribution in [0.3, 0.4) is 0 Å². The SMILES string of the molecule is COC(=O)c1ccc(O[C@H](C)C(=O)Nc2cccc(Cl)c2)cc1. The van der Waals surface area contributed by atoms with Crippen molar-refractivity contribution in [1.82, 2.24) is 0 Å². The van der Waals surface area contributed by atoms with Crippen LogP contribution in [0.15, 0.2) is 48.5 Å². The molecule has 1 atom stereocenters. The number of hydrogen-bond acceptors (Lipinski definition) is 4. The van der Waals surface area contributed by atoms with E-state index in [1.165, 1.54) is 7.11 Å². The number of amides is 1. The minimum atomic E-state index is -0.710. The predicted octanol–water partition coefficient (Wildman–Crippen LogP) is 3.53.